The number of carbonyl (C=O) groups excluding carboxylic acids is 1. The van der Waals surface area contributed by atoms with Gasteiger partial charge in [0.05, 0.1) is 0 Å². The molecule has 0 bridgehead atoms. The van der Waals surface area contributed by atoms with Gasteiger partial charge >= 0.3 is 0 Å². The van der Waals surface area contributed by atoms with Gasteiger partial charge in [-0.05, 0) is 74.4 Å². The van der Waals surface area contributed by atoms with Crippen molar-refractivity contribution in [3.05, 3.63) is 87.2 Å². The van der Waals surface area contributed by atoms with Crippen molar-refractivity contribution >= 4 is 33.6 Å². The van der Waals surface area contributed by atoms with Crippen molar-refractivity contribution in [2.75, 3.05) is 5.32 Å². The summed E-state index contributed by atoms with van der Waals surface area (Å²) >= 11 is 3.50. The van der Waals surface area contributed by atoms with Gasteiger partial charge in [0.1, 0.15) is 11.6 Å². The van der Waals surface area contributed by atoms with Crippen LogP contribution < -0.4 is 5.32 Å². The zero-order chi connectivity index (χ0) is 20.3. The van der Waals surface area contributed by atoms with E-state index in [0.29, 0.717) is 5.69 Å². The van der Waals surface area contributed by atoms with E-state index in [0.717, 1.165) is 32.7 Å². The number of aryl methyl sites for hydroxylation is 2. The topological polar surface area (TPSA) is 57.8 Å². The van der Waals surface area contributed by atoms with Crippen molar-refractivity contribution in [3.8, 4) is 11.8 Å². The van der Waals surface area contributed by atoms with Gasteiger partial charge in [-0.1, -0.05) is 34.1 Å². The Hall–Kier alpha value is -3.10. The highest BCUT2D eigenvalue weighted by Crippen LogP contribution is 2.25. The molecule has 1 N–H and O–H groups in total. The van der Waals surface area contributed by atoms with E-state index < -0.39 is 5.91 Å². The highest BCUT2D eigenvalue weighted by molar-refractivity contribution is 9.10. The van der Waals surface area contributed by atoms with Crippen LogP contribution in [0.3, 0.4) is 0 Å². The molecule has 0 saturated carbocycles. The predicted molar refractivity (Wildman–Crippen MR) is 116 cm³/mol. The summed E-state index contributed by atoms with van der Waals surface area (Å²) < 4.78 is 3.09. The molecule has 1 aromatic heterocycles. The average Bonchev–Trinajstić information content (AvgIpc) is 2.92. The molecular formula is C23H20BrN3O. The Labute approximate surface area is 173 Å². The molecule has 0 saturated heterocycles. The monoisotopic (exact) mass is 433 g/mol. The minimum Gasteiger partial charge on any atom is -0.321 e. The van der Waals surface area contributed by atoms with Gasteiger partial charge in [0.25, 0.3) is 5.91 Å². The first-order valence-corrected chi connectivity index (χ1v) is 9.63. The molecule has 4 nitrogen and oxygen atoms in total. The van der Waals surface area contributed by atoms with Crippen LogP contribution >= 0.6 is 15.9 Å². The van der Waals surface area contributed by atoms with Crippen LogP contribution in [0, 0.1) is 32.1 Å². The number of halogens is 1. The largest absolute Gasteiger partial charge is 0.321 e. The number of hydrogen-bond acceptors (Lipinski definition) is 2. The summed E-state index contributed by atoms with van der Waals surface area (Å²) in [5, 5.41) is 12.3. The summed E-state index contributed by atoms with van der Waals surface area (Å²) in [6.07, 6.45) is 1.64. The van der Waals surface area contributed by atoms with E-state index in [-0.39, 0.29) is 5.57 Å². The van der Waals surface area contributed by atoms with Crippen LogP contribution in [-0.4, -0.2) is 10.5 Å². The maximum absolute atomic E-state index is 12.6. The highest BCUT2D eigenvalue weighted by atomic mass is 79.9. The molecule has 3 aromatic rings. The second-order valence-electron chi connectivity index (χ2n) is 6.64. The Balaban J connectivity index is 1.94. The Bertz CT molecular complexity index is 1120. The van der Waals surface area contributed by atoms with E-state index in [9.17, 15) is 10.1 Å². The lowest BCUT2D eigenvalue weighted by molar-refractivity contribution is -0.112. The van der Waals surface area contributed by atoms with Gasteiger partial charge in [0, 0.05) is 27.2 Å². The van der Waals surface area contributed by atoms with Gasteiger partial charge in [-0.25, -0.2) is 0 Å². The van der Waals surface area contributed by atoms with Crippen molar-refractivity contribution in [2.45, 2.75) is 20.8 Å². The van der Waals surface area contributed by atoms with Gasteiger partial charge in [0.2, 0.25) is 0 Å². The number of amides is 1. The van der Waals surface area contributed by atoms with E-state index in [1.165, 1.54) is 0 Å². The van der Waals surface area contributed by atoms with Gasteiger partial charge < -0.3 is 9.88 Å². The van der Waals surface area contributed by atoms with Gasteiger partial charge in [0.15, 0.2) is 0 Å². The Morgan fingerprint density at radius 2 is 1.86 bits per heavy atom. The molecule has 5 heteroatoms. The normalized spacial score (nSPS) is 11.2. The summed E-state index contributed by atoms with van der Waals surface area (Å²) in [7, 11) is 0. The molecule has 0 aliphatic carbocycles. The minimum absolute atomic E-state index is 0.0657. The summed E-state index contributed by atoms with van der Waals surface area (Å²) in [6, 6.07) is 19.5. The number of aromatic nitrogens is 1. The maximum Gasteiger partial charge on any atom is 0.266 e. The third-order valence-electron chi connectivity index (χ3n) is 4.48. The Morgan fingerprint density at radius 1 is 1.11 bits per heavy atom. The molecule has 0 aliphatic heterocycles. The molecule has 2 aromatic carbocycles. The van der Waals surface area contributed by atoms with E-state index in [1.54, 1.807) is 12.1 Å². The lowest BCUT2D eigenvalue weighted by Gasteiger charge is -2.10. The molecule has 1 heterocycles. The van der Waals surface area contributed by atoms with Gasteiger partial charge in [-0.15, -0.1) is 0 Å². The fourth-order valence-electron chi connectivity index (χ4n) is 3.17. The lowest BCUT2D eigenvalue weighted by Crippen LogP contribution is -2.13. The summed E-state index contributed by atoms with van der Waals surface area (Å²) in [6.45, 7) is 5.94. The van der Waals surface area contributed by atoms with E-state index in [1.807, 2.05) is 75.4 Å². The van der Waals surface area contributed by atoms with E-state index >= 15 is 0 Å². The van der Waals surface area contributed by atoms with Crippen LogP contribution in [0.25, 0.3) is 11.8 Å². The summed E-state index contributed by atoms with van der Waals surface area (Å²) in [5.41, 5.74) is 5.63. The first kappa shape index (κ1) is 19.7. The van der Waals surface area contributed by atoms with E-state index in [2.05, 4.69) is 25.8 Å². The SMILES string of the molecule is Cc1cccc(NC(=O)/C(C#N)=C\c2cc(C)n(-c3cccc(Br)c3)c2C)c1. The van der Waals surface area contributed by atoms with Crippen LogP contribution in [0.5, 0.6) is 0 Å². The molecule has 3 rings (SSSR count). The maximum atomic E-state index is 12.6. The summed E-state index contributed by atoms with van der Waals surface area (Å²) in [4.78, 5) is 12.6. The number of anilines is 1. The van der Waals surface area contributed by atoms with Gasteiger partial charge in [-0.3, -0.25) is 4.79 Å². The third-order valence-corrected chi connectivity index (χ3v) is 4.97. The van der Waals surface area contributed by atoms with Crippen molar-refractivity contribution in [3.63, 3.8) is 0 Å². The molecule has 0 spiro atoms. The lowest BCUT2D eigenvalue weighted by atomic mass is 10.1. The molecule has 140 valence electrons. The standard InChI is InChI=1S/C23H20BrN3O/c1-15-6-4-8-21(10-15)26-23(28)19(14-25)12-18-11-16(2)27(17(18)3)22-9-5-7-20(24)13-22/h4-13H,1-3H3,(H,26,28)/b19-12-. The average molecular weight is 434 g/mol. The number of nitriles is 1. The van der Waals surface area contributed by atoms with Crippen LogP contribution in [0.15, 0.2) is 64.6 Å². The highest BCUT2D eigenvalue weighted by Gasteiger charge is 2.14. The zero-order valence-corrected chi connectivity index (χ0v) is 17.5. The van der Waals surface area contributed by atoms with Crippen molar-refractivity contribution in [2.24, 2.45) is 0 Å². The minimum atomic E-state index is -0.416. The second kappa shape index (κ2) is 8.28. The molecule has 1 amide bonds. The van der Waals surface area contributed by atoms with Crippen LogP contribution in [0.2, 0.25) is 0 Å². The second-order valence-corrected chi connectivity index (χ2v) is 7.55. The quantitative estimate of drug-likeness (QED) is 0.422. The number of benzene rings is 2. The zero-order valence-electron chi connectivity index (χ0n) is 16.0. The molecule has 0 fully saturated rings. The van der Waals surface area contributed by atoms with Gasteiger partial charge in [-0.2, -0.15) is 5.26 Å². The number of carbonyl (C=O) groups is 1. The molecule has 0 unspecified atom stereocenters. The van der Waals surface area contributed by atoms with Crippen LogP contribution in [-0.2, 0) is 4.79 Å². The molecule has 0 radical (unpaired) electrons. The van der Waals surface area contributed by atoms with Crippen LogP contribution in [0.4, 0.5) is 5.69 Å². The number of nitrogens with zero attached hydrogens (tertiary/aromatic N) is 2. The van der Waals surface area contributed by atoms with Crippen LogP contribution in [0.1, 0.15) is 22.5 Å². The fourth-order valence-corrected chi connectivity index (χ4v) is 3.56. The number of nitrogens with one attached hydrogen (secondary N) is 1. The van der Waals surface area contributed by atoms with E-state index in [4.69, 9.17) is 0 Å². The smallest absolute Gasteiger partial charge is 0.266 e. The molecule has 0 atom stereocenters. The Kier molecular flexibility index (Phi) is 5.81. The fraction of sp³-hybridized carbons (Fsp3) is 0.130. The van der Waals surface area contributed by atoms with Crippen molar-refractivity contribution in [1.29, 1.82) is 5.26 Å². The first-order valence-electron chi connectivity index (χ1n) is 8.83. The third kappa shape index (κ3) is 4.24. The molecule has 28 heavy (non-hydrogen) atoms. The summed E-state index contributed by atoms with van der Waals surface area (Å²) in [5.74, 6) is -0.416. The number of hydrogen-bond donors (Lipinski definition) is 1. The first-order chi connectivity index (χ1) is 13.4. The van der Waals surface area contributed by atoms with Crippen molar-refractivity contribution in [1.82, 2.24) is 4.57 Å². The number of rotatable bonds is 4. The Morgan fingerprint density at radius 3 is 2.54 bits per heavy atom. The predicted octanol–water partition coefficient (Wildman–Crippen LogP) is 5.71. The van der Waals surface area contributed by atoms with Crippen molar-refractivity contribution < 1.29 is 4.79 Å². The molecule has 0 aliphatic rings. The molecular weight excluding hydrogens is 414 g/mol.